The third kappa shape index (κ3) is 4.98. The van der Waals surface area contributed by atoms with Gasteiger partial charge >= 0.3 is 0 Å². The van der Waals surface area contributed by atoms with E-state index in [9.17, 15) is 9.59 Å². The van der Waals surface area contributed by atoms with Crippen LogP contribution in [0.1, 0.15) is 30.9 Å². The molecule has 164 valence electrons. The minimum Gasteiger partial charge on any atom is -0.495 e. The first-order valence-corrected chi connectivity index (χ1v) is 10.8. The smallest absolute Gasteiger partial charge is 0.241 e. The number of piperidine rings is 1. The van der Waals surface area contributed by atoms with Gasteiger partial charge in [0, 0.05) is 37.2 Å². The highest BCUT2D eigenvalue weighted by Crippen LogP contribution is 2.28. The molecule has 2 aliphatic heterocycles. The first-order chi connectivity index (χ1) is 15.0. The molecular weight excluding hydrogens is 418 g/mol. The summed E-state index contributed by atoms with van der Waals surface area (Å²) in [7, 11) is 1.54. The largest absolute Gasteiger partial charge is 0.495 e. The number of anilines is 1. The van der Waals surface area contributed by atoms with Gasteiger partial charge in [0.15, 0.2) is 0 Å². The molecule has 0 aliphatic carbocycles. The molecule has 2 aromatic rings. The topological polar surface area (TPSA) is 95.6 Å². The van der Waals surface area contributed by atoms with Crippen LogP contribution in [0.2, 0.25) is 5.02 Å². The fraction of sp³-hybridized carbons (Fsp3) is 0.409. The molecule has 3 unspecified atom stereocenters. The van der Waals surface area contributed by atoms with Crippen molar-refractivity contribution in [3.8, 4) is 5.75 Å². The van der Waals surface area contributed by atoms with Crippen molar-refractivity contribution in [3.63, 3.8) is 0 Å². The summed E-state index contributed by atoms with van der Waals surface area (Å²) in [5.74, 6) is 0.209. The minimum absolute atomic E-state index is 0.0223. The van der Waals surface area contributed by atoms with E-state index in [0.29, 0.717) is 36.0 Å². The average molecular weight is 444 g/mol. The maximum absolute atomic E-state index is 13.1. The van der Waals surface area contributed by atoms with Crippen LogP contribution < -0.4 is 20.9 Å². The number of aromatic nitrogens is 1. The third-order valence-corrected chi connectivity index (χ3v) is 6.13. The maximum atomic E-state index is 13.1. The van der Waals surface area contributed by atoms with Gasteiger partial charge in [0.25, 0.3) is 0 Å². The second-order valence-corrected chi connectivity index (χ2v) is 8.28. The predicted molar refractivity (Wildman–Crippen MR) is 118 cm³/mol. The summed E-state index contributed by atoms with van der Waals surface area (Å²) in [6.45, 7) is 1.07. The summed E-state index contributed by atoms with van der Waals surface area (Å²) >= 11 is 6.15. The standard InChI is InChI=1S/C22H26ClN5O3/c1-31-20-5-4-16(11-17(20)23)25-21(29)15-3-2-10-28(13-15)22(30)19-12-18(26-27-19)14-6-8-24-9-7-14/h4-9,11,15,18-19,26-27H,2-3,10,12-13H2,1H3,(H,25,29). The van der Waals surface area contributed by atoms with E-state index in [0.717, 1.165) is 18.4 Å². The summed E-state index contributed by atoms with van der Waals surface area (Å²) in [6.07, 6.45) is 5.68. The van der Waals surface area contributed by atoms with Crippen molar-refractivity contribution in [2.24, 2.45) is 5.92 Å². The van der Waals surface area contributed by atoms with E-state index in [1.807, 2.05) is 12.1 Å². The zero-order valence-electron chi connectivity index (χ0n) is 17.3. The summed E-state index contributed by atoms with van der Waals surface area (Å²) < 4.78 is 5.14. The summed E-state index contributed by atoms with van der Waals surface area (Å²) in [6, 6.07) is 8.75. The Morgan fingerprint density at radius 1 is 1.23 bits per heavy atom. The number of hydrogen-bond acceptors (Lipinski definition) is 6. The van der Waals surface area contributed by atoms with Gasteiger partial charge in [-0.2, -0.15) is 0 Å². The number of nitrogens with one attached hydrogen (secondary N) is 3. The second kappa shape index (κ2) is 9.64. The van der Waals surface area contributed by atoms with Gasteiger partial charge in [-0.3, -0.25) is 14.6 Å². The molecule has 1 aromatic heterocycles. The highest BCUT2D eigenvalue weighted by Gasteiger charge is 2.36. The van der Waals surface area contributed by atoms with Crippen LogP contribution in [-0.4, -0.2) is 47.9 Å². The molecule has 2 aliphatic rings. The lowest BCUT2D eigenvalue weighted by Crippen LogP contribution is -2.50. The van der Waals surface area contributed by atoms with Crippen molar-refractivity contribution < 1.29 is 14.3 Å². The van der Waals surface area contributed by atoms with E-state index < -0.39 is 0 Å². The number of methoxy groups -OCH3 is 1. The van der Waals surface area contributed by atoms with E-state index in [4.69, 9.17) is 16.3 Å². The fourth-order valence-corrected chi connectivity index (χ4v) is 4.39. The van der Waals surface area contributed by atoms with Gasteiger partial charge < -0.3 is 15.0 Å². The number of hydrogen-bond donors (Lipinski definition) is 3. The quantitative estimate of drug-likeness (QED) is 0.657. The number of benzene rings is 1. The van der Waals surface area contributed by atoms with Crippen molar-refractivity contribution in [1.82, 2.24) is 20.7 Å². The lowest BCUT2D eigenvalue weighted by atomic mass is 9.95. The Balaban J connectivity index is 1.34. The number of carbonyl (C=O) groups excluding carboxylic acids is 2. The molecule has 2 saturated heterocycles. The SMILES string of the molecule is COc1ccc(NC(=O)C2CCCN(C(=O)C3CC(c4ccncc4)NN3)C2)cc1Cl. The molecule has 4 rings (SSSR count). The van der Waals surface area contributed by atoms with Crippen molar-refractivity contribution in [3.05, 3.63) is 53.3 Å². The summed E-state index contributed by atoms with van der Waals surface area (Å²) in [4.78, 5) is 31.7. The van der Waals surface area contributed by atoms with Crippen molar-refractivity contribution in [2.75, 3.05) is 25.5 Å². The van der Waals surface area contributed by atoms with Crippen molar-refractivity contribution in [1.29, 1.82) is 0 Å². The molecule has 0 saturated carbocycles. The number of amides is 2. The van der Waals surface area contributed by atoms with Crippen LogP contribution in [0, 0.1) is 5.92 Å². The Morgan fingerprint density at radius 2 is 2.03 bits per heavy atom. The van der Waals surface area contributed by atoms with Crippen molar-refractivity contribution in [2.45, 2.75) is 31.3 Å². The van der Waals surface area contributed by atoms with E-state index >= 15 is 0 Å². The van der Waals surface area contributed by atoms with Gasteiger partial charge in [-0.05, 0) is 55.2 Å². The number of hydrazine groups is 1. The molecule has 0 bridgehead atoms. The van der Waals surface area contributed by atoms with Gasteiger partial charge in [0.1, 0.15) is 11.8 Å². The Hall–Kier alpha value is -2.68. The van der Waals surface area contributed by atoms with E-state index in [1.165, 1.54) is 0 Å². The van der Waals surface area contributed by atoms with E-state index in [1.54, 1.807) is 42.6 Å². The van der Waals surface area contributed by atoms with Crippen LogP contribution in [0.3, 0.4) is 0 Å². The van der Waals surface area contributed by atoms with Crippen LogP contribution in [-0.2, 0) is 9.59 Å². The number of ether oxygens (including phenoxy) is 1. The normalized spacial score (nSPS) is 23.4. The Bertz CT molecular complexity index is 942. The second-order valence-electron chi connectivity index (χ2n) is 7.87. The van der Waals surface area contributed by atoms with Gasteiger partial charge in [-0.25, -0.2) is 10.9 Å². The number of carbonyl (C=O) groups is 2. The Labute approximate surface area is 186 Å². The number of rotatable bonds is 5. The zero-order valence-corrected chi connectivity index (χ0v) is 18.1. The highest BCUT2D eigenvalue weighted by molar-refractivity contribution is 6.32. The number of likely N-dealkylation sites (tertiary alicyclic amines) is 1. The monoisotopic (exact) mass is 443 g/mol. The van der Waals surface area contributed by atoms with Gasteiger partial charge in [-0.1, -0.05) is 11.6 Å². The highest BCUT2D eigenvalue weighted by atomic mass is 35.5. The number of nitrogens with zero attached hydrogens (tertiary/aromatic N) is 2. The third-order valence-electron chi connectivity index (χ3n) is 5.83. The number of pyridine rings is 1. The summed E-state index contributed by atoms with van der Waals surface area (Å²) in [5, 5.41) is 3.35. The van der Waals surface area contributed by atoms with Gasteiger partial charge in [0.2, 0.25) is 11.8 Å². The molecule has 8 nitrogen and oxygen atoms in total. The first-order valence-electron chi connectivity index (χ1n) is 10.4. The van der Waals surface area contributed by atoms with E-state index in [-0.39, 0.29) is 29.8 Å². The predicted octanol–water partition coefficient (Wildman–Crippen LogP) is 2.53. The molecule has 31 heavy (non-hydrogen) atoms. The molecule has 2 amide bonds. The molecule has 3 atom stereocenters. The molecular formula is C22H26ClN5O3. The molecule has 0 spiro atoms. The maximum Gasteiger partial charge on any atom is 0.241 e. The van der Waals surface area contributed by atoms with Crippen LogP contribution in [0.4, 0.5) is 5.69 Å². The van der Waals surface area contributed by atoms with Crippen LogP contribution in [0.5, 0.6) is 5.75 Å². The molecule has 2 fully saturated rings. The molecule has 9 heteroatoms. The molecule has 1 aromatic carbocycles. The van der Waals surface area contributed by atoms with Crippen LogP contribution in [0.25, 0.3) is 0 Å². The average Bonchev–Trinajstić information content (AvgIpc) is 3.30. The first kappa shape index (κ1) is 21.5. The van der Waals surface area contributed by atoms with Gasteiger partial charge in [0.05, 0.1) is 18.1 Å². The zero-order chi connectivity index (χ0) is 21.8. The lowest BCUT2D eigenvalue weighted by Gasteiger charge is -2.33. The van der Waals surface area contributed by atoms with Crippen molar-refractivity contribution >= 4 is 29.1 Å². The van der Waals surface area contributed by atoms with E-state index in [2.05, 4.69) is 21.2 Å². The molecule has 0 radical (unpaired) electrons. The van der Waals surface area contributed by atoms with Gasteiger partial charge in [-0.15, -0.1) is 0 Å². The number of halogens is 1. The minimum atomic E-state index is -0.319. The molecule has 3 N–H and O–H groups in total. The molecule has 3 heterocycles. The lowest BCUT2D eigenvalue weighted by molar-refractivity contribution is -0.136. The van der Waals surface area contributed by atoms with Crippen LogP contribution in [0.15, 0.2) is 42.7 Å². The Morgan fingerprint density at radius 3 is 2.77 bits per heavy atom. The Kier molecular flexibility index (Phi) is 6.70. The van der Waals surface area contributed by atoms with Crippen LogP contribution >= 0.6 is 11.6 Å². The summed E-state index contributed by atoms with van der Waals surface area (Å²) in [5.41, 5.74) is 8.01. The fourth-order valence-electron chi connectivity index (χ4n) is 4.13.